The molecule has 53 heavy (non-hydrogen) atoms. The molecule has 2 aliphatic rings. The summed E-state index contributed by atoms with van der Waals surface area (Å²) >= 11 is 0. The number of hydrogen-bond acceptors (Lipinski definition) is 10. The number of aliphatic imine (C=N–C) groups is 2. The van der Waals surface area contributed by atoms with E-state index in [0.29, 0.717) is 28.1 Å². The van der Waals surface area contributed by atoms with Gasteiger partial charge in [0.25, 0.3) is 0 Å². The monoisotopic (exact) mass is 706 g/mol. The minimum atomic E-state index is -0.724. The van der Waals surface area contributed by atoms with Crippen molar-refractivity contribution >= 4 is 60.0 Å². The number of nitrogens with zero attached hydrogens (tertiary/aromatic N) is 2. The van der Waals surface area contributed by atoms with Crippen LogP contribution in [0.5, 0.6) is 11.5 Å². The average Bonchev–Trinajstić information content (AvgIpc) is 3.75. The molecule has 2 heterocycles. The van der Waals surface area contributed by atoms with Gasteiger partial charge in [0.1, 0.15) is 11.5 Å². The predicted molar refractivity (Wildman–Crippen MR) is 199 cm³/mol. The van der Waals surface area contributed by atoms with Crippen molar-refractivity contribution in [3.63, 3.8) is 0 Å². The maximum absolute atomic E-state index is 12.4. The smallest absolute Gasteiger partial charge is 0.410 e. The van der Waals surface area contributed by atoms with Gasteiger partial charge >= 0.3 is 24.1 Å². The SMILES string of the molecule is Cc1ccccc1.O=C(Nc1ccc(NC(=O)Oc2ccc(/C=C3\N=C(c4ccccc4)OC3=O)cc2)cc1)Oc1ccc(/C=C2\N=COC2=O)cc1. The van der Waals surface area contributed by atoms with Gasteiger partial charge in [-0.3, -0.25) is 10.6 Å². The van der Waals surface area contributed by atoms with Gasteiger partial charge in [-0.15, -0.1) is 0 Å². The number of carbonyl (C=O) groups excluding carboxylic acids is 4. The predicted octanol–water partition coefficient (Wildman–Crippen LogP) is 8.17. The Morgan fingerprint density at radius 3 is 1.55 bits per heavy atom. The molecule has 0 aliphatic carbocycles. The van der Waals surface area contributed by atoms with Crippen molar-refractivity contribution in [3.05, 3.63) is 167 Å². The Kier molecular flexibility index (Phi) is 11.2. The third kappa shape index (κ3) is 10.2. The van der Waals surface area contributed by atoms with E-state index in [9.17, 15) is 19.2 Å². The Bertz CT molecular complexity index is 2230. The fraction of sp³-hybridized carbons (Fsp3) is 0.0244. The minimum Gasteiger partial charge on any atom is -0.410 e. The first-order valence-electron chi connectivity index (χ1n) is 16.1. The molecule has 0 bridgehead atoms. The number of rotatable bonds is 7. The first-order valence-corrected chi connectivity index (χ1v) is 16.1. The van der Waals surface area contributed by atoms with Crippen molar-refractivity contribution in [1.82, 2.24) is 0 Å². The van der Waals surface area contributed by atoms with Gasteiger partial charge in [0, 0.05) is 16.9 Å². The number of aryl methyl sites for hydroxylation is 1. The Morgan fingerprint density at radius 2 is 1.09 bits per heavy atom. The molecule has 12 nitrogen and oxygen atoms in total. The van der Waals surface area contributed by atoms with E-state index < -0.39 is 24.1 Å². The van der Waals surface area contributed by atoms with E-state index >= 15 is 0 Å². The lowest BCUT2D eigenvalue weighted by Crippen LogP contribution is -2.18. The summed E-state index contributed by atoms with van der Waals surface area (Å²) in [5.41, 5.74) is 4.54. The largest absolute Gasteiger partial charge is 0.417 e. The Hall–Kier alpha value is -7.60. The summed E-state index contributed by atoms with van der Waals surface area (Å²) in [6, 6.07) is 38.7. The van der Waals surface area contributed by atoms with E-state index in [1.165, 1.54) is 5.56 Å². The molecule has 2 amide bonds. The molecule has 0 radical (unpaired) electrons. The van der Waals surface area contributed by atoms with Crippen LogP contribution in [0.25, 0.3) is 12.2 Å². The average molecular weight is 707 g/mol. The first kappa shape index (κ1) is 35.2. The second-order valence-corrected chi connectivity index (χ2v) is 11.3. The number of esters is 2. The molecule has 2 N–H and O–H groups in total. The van der Waals surface area contributed by atoms with Gasteiger partial charge in [0.15, 0.2) is 17.8 Å². The first-order chi connectivity index (χ1) is 25.8. The zero-order chi connectivity index (χ0) is 37.0. The summed E-state index contributed by atoms with van der Waals surface area (Å²) < 4.78 is 20.5. The molecule has 0 fully saturated rings. The number of cyclic esters (lactones) is 2. The van der Waals surface area contributed by atoms with E-state index in [0.717, 1.165) is 6.40 Å². The van der Waals surface area contributed by atoms with Gasteiger partial charge in [-0.25, -0.2) is 29.2 Å². The number of ether oxygens (including phenoxy) is 4. The van der Waals surface area contributed by atoms with Gasteiger partial charge in [-0.1, -0.05) is 78.4 Å². The molecular formula is C41H30N4O8. The number of amides is 2. The Balaban J connectivity index is 0.000000616. The second-order valence-electron chi connectivity index (χ2n) is 11.3. The maximum Gasteiger partial charge on any atom is 0.417 e. The molecule has 5 aromatic carbocycles. The Morgan fingerprint density at radius 1 is 0.604 bits per heavy atom. The standard InChI is InChI=1S/C34H22N4O8.C7H8/c39-31-28(35-20-43-31)18-21-6-14-26(15-7-21)44-33(41)36-24-10-12-25(13-11-24)37-34(42)45-27-16-8-22(9-17-27)19-29-32(40)46-30(38-29)23-4-2-1-3-5-23;1-7-5-3-2-4-6-7/h1-20H,(H,36,41)(H,37,42);2-6H,1H3/b28-18-,29-19-;. The van der Waals surface area contributed by atoms with Crippen LogP contribution in [0.15, 0.2) is 155 Å². The van der Waals surface area contributed by atoms with Gasteiger partial charge in [0.05, 0.1) is 0 Å². The maximum atomic E-state index is 12.4. The number of anilines is 2. The van der Waals surface area contributed by atoms with Crippen LogP contribution in [0, 0.1) is 6.92 Å². The van der Waals surface area contributed by atoms with E-state index in [4.69, 9.17) is 14.2 Å². The molecule has 12 heteroatoms. The summed E-state index contributed by atoms with van der Waals surface area (Å²) in [6.07, 6.45) is 2.75. The van der Waals surface area contributed by atoms with Crippen LogP contribution in [-0.4, -0.2) is 36.4 Å². The highest BCUT2D eigenvalue weighted by atomic mass is 16.6. The van der Waals surface area contributed by atoms with Crippen molar-refractivity contribution in [2.45, 2.75) is 6.92 Å². The van der Waals surface area contributed by atoms with E-state index in [2.05, 4.69) is 44.4 Å². The third-order valence-electron chi connectivity index (χ3n) is 7.31. The number of carbonyl (C=O) groups is 4. The molecular weight excluding hydrogens is 676 g/mol. The topological polar surface area (TPSA) is 154 Å². The molecule has 0 saturated heterocycles. The second kappa shape index (κ2) is 16.9. The van der Waals surface area contributed by atoms with Crippen LogP contribution >= 0.6 is 0 Å². The normalized spacial score (nSPS) is 14.4. The van der Waals surface area contributed by atoms with Crippen LogP contribution in [0.4, 0.5) is 21.0 Å². The lowest BCUT2D eigenvalue weighted by Gasteiger charge is -2.09. The fourth-order valence-corrected chi connectivity index (χ4v) is 4.71. The zero-order valence-corrected chi connectivity index (χ0v) is 28.1. The third-order valence-corrected chi connectivity index (χ3v) is 7.31. The van der Waals surface area contributed by atoms with Crippen molar-refractivity contribution in [1.29, 1.82) is 0 Å². The minimum absolute atomic E-state index is 0.157. The molecule has 0 spiro atoms. The number of benzene rings is 5. The molecule has 2 aliphatic heterocycles. The van der Waals surface area contributed by atoms with Gasteiger partial charge in [0.2, 0.25) is 5.90 Å². The highest BCUT2D eigenvalue weighted by Crippen LogP contribution is 2.22. The van der Waals surface area contributed by atoms with Crippen molar-refractivity contribution < 1.29 is 38.1 Å². The quantitative estimate of drug-likeness (QED) is 0.127. The molecule has 5 aromatic rings. The summed E-state index contributed by atoms with van der Waals surface area (Å²) in [6.45, 7) is 2.08. The summed E-state index contributed by atoms with van der Waals surface area (Å²) in [5, 5.41) is 5.20. The fourth-order valence-electron chi connectivity index (χ4n) is 4.71. The summed E-state index contributed by atoms with van der Waals surface area (Å²) in [4.78, 5) is 56.5. The van der Waals surface area contributed by atoms with Crippen molar-refractivity contribution in [3.8, 4) is 11.5 Å². The van der Waals surface area contributed by atoms with Crippen LogP contribution in [0.3, 0.4) is 0 Å². The summed E-state index contributed by atoms with van der Waals surface area (Å²) in [5.74, 6) is -0.290. The highest BCUT2D eigenvalue weighted by Gasteiger charge is 2.24. The number of nitrogens with one attached hydrogen (secondary N) is 2. The van der Waals surface area contributed by atoms with E-state index in [1.54, 1.807) is 97.1 Å². The van der Waals surface area contributed by atoms with Crippen LogP contribution in [-0.2, 0) is 19.1 Å². The zero-order valence-electron chi connectivity index (χ0n) is 28.1. The van der Waals surface area contributed by atoms with Gasteiger partial charge in [-0.2, -0.15) is 0 Å². The summed E-state index contributed by atoms with van der Waals surface area (Å²) in [7, 11) is 0. The molecule has 0 unspecified atom stereocenters. The van der Waals surface area contributed by atoms with Gasteiger partial charge in [-0.05, 0) is 90.9 Å². The van der Waals surface area contributed by atoms with Crippen molar-refractivity contribution in [2.75, 3.05) is 10.6 Å². The lowest BCUT2D eigenvalue weighted by atomic mass is 10.2. The van der Waals surface area contributed by atoms with Crippen LogP contribution < -0.4 is 20.1 Å². The van der Waals surface area contributed by atoms with E-state index in [-0.39, 0.29) is 28.8 Å². The molecule has 0 atom stereocenters. The van der Waals surface area contributed by atoms with Crippen LogP contribution in [0.2, 0.25) is 0 Å². The molecule has 7 rings (SSSR count). The van der Waals surface area contributed by atoms with Crippen molar-refractivity contribution in [2.24, 2.45) is 9.98 Å². The lowest BCUT2D eigenvalue weighted by molar-refractivity contribution is -0.130. The molecule has 262 valence electrons. The van der Waals surface area contributed by atoms with E-state index in [1.807, 2.05) is 36.4 Å². The van der Waals surface area contributed by atoms with Gasteiger partial charge < -0.3 is 18.9 Å². The molecule has 0 saturated carbocycles. The highest BCUT2D eigenvalue weighted by molar-refractivity contribution is 6.12. The number of hydrogen-bond donors (Lipinski definition) is 2. The molecule has 0 aromatic heterocycles. The Labute approximate surface area is 303 Å². The van der Waals surface area contributed by atoms with Crippen LogP contribution in [0.1, 0.15) is 22.3 Å².